The Kier molecular flexibility index (Phi) is 7.99. The van der Waals surface area contributed by atoms with Crippen LogP contribution in [0.25, 0.3) is 0 Å². The predicted octanol–water partition coefficient (Wildman–Crippen LogP) is 4.80. The Morgan fingerprint density at radius 1 is 1.11 bits per heavy atom. The van der Waals surface area contributed by atoms with E-state index in [1.165, 1.54) is 38.5 Å². The van der Waals surface area contributed by atoms with Crippen molar-refractivity contribution >= 4 is 25.9 Å². The van der Waals surface area contributed by atoms with Gasteiger partial charge in [-0.2, -0.15) is 0 Å². The first-order chi connectivity index (χ1) is 8.72. The smallest absolute Gasteiger partial charge is 0.292 e. The number of hydrogen-bond donors (Lipinski definition) is 0. The van der Waals surface area contributed by atoms with Gasteiger partial charge >= 0.3 is 0 Å². The number of carbonyl (C=O) groups excluding carboxylic acids is 1. The molecule has 1 aliphatic rings. The summed E-state index contributed by atoms with van der Waals surface area (Å²) in [6.45, 7) is 2.20. The second-order valence-electron chi connectivity index (χ2n) is 5.52. The van der Waals surface area contributed by atoms with Gasteiger partial charge in [0.2, 0.25) is 0 Å². The van der Waals surface area contributed by atoms with Gasteiger partial charge in [-0.25, -0.2) is 0 Å². The zero-order valence-electron chi connectivity index (χ0n) is 11.7. The van der Waals surface area contributed by atoms with Crippen molar-refractivity contribution in [2.45, 2.75) is 76.8 Å². The molecule has 1 heterocycles. The van der Waals surface area contributed by atoms with Gasteiger partial charge in [0.25, 0.3) is 14.3 Å². The van der Waals surface area contributed by atoms with Gasteiger partial charge in [-0.3, -0.25) is 4.79 Å². The van der Waals surface area contributed by atoms with Crippen molar-refractivity contribution in [2.75, 3.05) is 5.50 Å². The zero-order valence-corrected chi connectivity index (χ0v) is 13.4. The molecule has 0 aromatic heterocycles. The Morgan fingerprint density at radius 3 is 2.39 bits per heavy atom. The van der Waals surface area contributed by atoms with Crippen molar-refractivity contribution < 1.29 is 9.22 Å². The molecule has 0 saturated carbocycles. The molecule has 0 aromatic carbocycles. The molecular weight excluding hydrogens is 264 g/mol. The van der Waals surface area contributed by atoms with Gasteiger partial charge in [-0.1, -0.05) is 51.9 Å². The lowest BCUT2D eigenvalue weighted by Gasteiger charge is -2.32. The number of rotatable bonds is 8. The Hall–Kier alpha value is -0.0231. The van der Waals surface area contributed by atoms with E-state index in [4.69, 9.17) is 16.0 Å². The van der Waals surface area contributed by atoms with Gasteiger partial charge < -0.3 is 4.43 Å². The lowest BCUT2D eigenvalue weighted by molar-refractivity contribution is -0.135. The van der Waals surface area contributed by atoms with Crippen molar-refractivity contribution in [3.05, 3.63) is 0 Å². The Labute approximate surface area is 118 Å². The van der Waals surface area contributed by atoms with Gasteiger partial charge in [-0.15, -0.1) is 11.6 Å². The molecule has 0 amide bonds. The third kappa shape index (κ3) is 5.74. The summed E-state index contributed by atoms with van der Waals surface area (Å²) >= 11 is 6.07. The monoisotopic (exact) mass is 290 g/mol. The summed E-state index contributed by atoms with van der Waals surface area (Å²) in [5, 5.41) is 0. The Morgan fingerprint density at radius 2 is 1.78 bits per heavy atom. The summed E-state index contributed by atoms with van der Waals surface area (Å²) in [5.41, 5.74) is 0.592. The molecule has 4 heteroatoms. The molecule has 1 saturated heterocycles. The van der Waals surface area contributed by atoms with Crippen LogP contribution in [-0.4, -0.2) is 19.8 Å². The van der Waals surface area contributed by atoms with E-state index in [0.29, 0.717) is 11.9 Å². The molecule has 0 aliphatic carbocycles. The van der Waals surface area contributed by atoms with Crippen LogP contribution >= 0.6 is 11.6 Å². The fraction of sp³-hybridized carbons (Fsp3) is 0.929. The highest BCUT2D eigenvalue weighted by Gasteiger charge is 2.38. The number of alkyl halides is 1. The fourth-order valence-corrected chi connectivity index (χ4v) is 6.74. The summed E-state index contributed by atoms with van der Waals surface area (Å²) in [4.78, 5) is 11.9. The summed E-state index contributed by atoms with van der Waals surface area (Å²) in [6.07, 6.45) is 10.1. The SMILES string of the molecule is CCCCCCCC(=O)O[Si]1(CCl)CCCCC1. The largest absolute Gasteiger partial charge is 0.518 e. The number of carbonyl (C=O) groups is 1. The van der Waals surface area contributed by atoms with Crippen LogP contribution in [0.1, 0.15) is 64.7 Å². The maximum absolute atomic E-state index is 11.9. The molecule has 0 radical (unpaired) electrons. The maximum Gasteiger partial charge on any atom is 0.292 e. The molecule has 1 rings (SSSR count). The van der Waals surface area contributed by atoms with Crippen LogP contribution < -0.4 is 0 Å². The average Bonchev–Trinajstić information content (AvgIpc) is 2.39. The molecular formula is C14H27ClO2Si. The van der Waals surface area contributed by atoms with Crippen molar-refractivity contribution in [1.82, 2.24) is 0 Å². The molecule has 1 fully saturated rings. The number of halogens is 1. The topological polar surface area (TPSA) is 26.3 Å². The summed E-state index contributed by atoms with van der Waals surface area (Å²) in [5.74, 6) is 0.0146. The van der Waals surface area contributed by atoms with E-state index >= 15 is 0 Å². The molecule has 106 valence electrons. The van der Waals surface area contributed by atoms with E-state index in [9.17, 15) is 4.79 Å². The molecule has 0 N–H and O–H groups in total. The molecule has 0 unspecified atom stereocenters. The van der Waals surface area contributed by atoms with Crippen molar-refractivity contribution in [3.8, 4) is 0 Å². The van der Waals surface area contributed by atoms with Gasteiger partial charge in [0.1, 0.15) is 0 Å². The van der Waals surface area contributed by atoms with E-state index in [1.54, 1.807) is 0 Å². The van der Waals surface area contributed by atoms with Gasteiger partial charge in [0, 0.05) is 6.42 Å². The minimum absolute atomic E-state index is 0.0146. The van der Waals surface area contributed by atoms with Crippen molar-refractivity contribution in [1.29, 1.82) is 0 Å². The second-order valence-corrected chi connectivity index (χ2v) is 10.2. The van der Waals surface area contributed by atoms with Crippen LogP contribution in [0.2, 0.25) is 12.1 Å². The van der Waals surface area contributed by atoms with E-state index in [2.05, 4.69) is 6.92 Å². The lowest BCUT2D eigenvalue weighted by atomic mass is 10.1. The van der Waals surface area contributed by atoms with Crippen LogP contribution in [0.15, 0.2) is 0 Å². The molecule has 1 aliphatic heterocycles. The highest BCUT2D eigenvalue weighted by molar-refractivity contribution is 6.81. The molecule has 0 atom stereocenters. The third-order valence-electron chi connectivity index (χ3n) is 3.82. The summed E-state index contributed by atoms with van der Waals surface area (Å²) < 4.78 is 5.80. The van der Waals surface area contributed by atoms with Gasteiger partial charge in [0.05, 0.1) is 5.50 Å². The van der Waals surface area contributed by atoms with E-state index in [-0.39, 0.29) is 5.97 Å². The minimum atomic E-state index is -1.88. The second kappa shape index (κ2) is 8.97. The maximum atomic E-state index is 11.9. The number of hydrogen-bond acceptors (Lipinski definition) is 2. The van der Waals surface area contributed by atoms with E-state index < -0.39 is 8.32 Å². The van der Waals surface area contributed by atoms with Crippen molar-refractivity contribution in [2.24, 2.45) is 0 Å². The molecule has 2 nitrogen and oxygen atoms in total. The summed E-state index contributed by atoms with van der Waals surface area (Å²) in [7, 11) is -1.88. The molecule has 0 spiro atoms. The fourth-order valence-electron chi connectivity index (χ4n) is 2.62. The van der Waals surface area contributed by atoms with Crippen molar-refractivity contribution in [3.63, 3.8) is 0 Å². The third-order valence-corrected chi connectivity index (χ3v) is 8.96. The molecule has 0 aromatic rings. The van der Waals surface area contributed by atoms with E-state index in [0.717, 1.165) is 24.9 Å². The average molecular weight is 291 g/mol. The lowest BCUT2D eigenvalue weighted by Crippen LogP contribution is -2.44. The highest BCUT2D eigenvalue weighted by atomic mass is 35.5. The van der Waals surface area contributed by atoms with Crippen LogP contribution in [0.5, 0.6) is 0 Å². The highest BCUT2D eigenvalue weighted by Crippen LogP contribution is 2.30. The number of unbranched alkanes of at least 4 members (excludes halogenated alkanes) is 4. The first-order valence-corrected chi connectivity index (χ1v) is 10.6. The minimum Gasteiger partial charge on any atom is -0.518 e. The Balaban J connectivity index is 2.20. The summed E-state index contributed by atoms with van der Waals surface area (Å²) in [6, 6.07) is 2.16. The van der Waals surface area contributed by atoms with Crippen LogP contribution in [-0.2, 0) is 9.22 Å². The quantitative estimate of drug-likeness (QED) is 0.365. The predicted molar refractivity (Wildman–Crippen MR) is 79.4 cm³/mol. The first-order valence-electron chi connectivity index (χ1n) is 7.50. The van der Waals surface area contributed by atoms with Crippen LogP contribution in [0.3, 0.4) is 0 Å². The zero-order chi connectivity index (χ0) is 13.3. The van der Waals surface area contributed by atoms with Gasteiger partial charge in [0.15, 0.2) is 0 Å². The molecule has 18 heavy (non-hydrogen) atoms. The van der Waals surface area contributed by atoms with E-state index in [1.807, 2.05) is 0 Å². The normalized spacial score (nSPS) is 18.6. The van der Waals surface area contributed by atoms with Gasteiger partial charge in [-0.05, 0) is 18.5 Å². The standard InChI is InChI=1S/C14H27ClO2Si/c1-2-3-4-5-7-10-14(16)17-18(13-15)11-8-6-9-12-18/h2-13H2,1H3. The van der Waals surface area contributed by atoms with Crippen LogP contribution in [0, 0.1) is 0 Å². The first kappa shape index (κ1) is 16.0. The Bertz CT molecular complexity index is 240. The van der Waals surface area contributed by atoms with Crippen LogP contribution in [0.4, 0.5) is 0 Å². The molecule has 0 bridgehead atoms.